The molecule has 2 fully saturated rings. The van der Waals surface area contributed by atoms with Crippen LogP contribution in [0.15, 0.2) is 85.2 Å². The predicted molar refractivity (Wildman–Crippen MR) is 187 cm³/mol. The molecule has 9 nitrogen and oxygen atoms in total. The molecule has 0 bridgehead atoms. The minimum atomic E-state index is -0.452. The van der Waals surface area contributed by atoms with E-state index in [0.717, 1.165) is 61.3 Å². The molecule has 0 radical (unpaired) electrons. The number of aryl methyl sites for hydroxylation is 2. The summed E-state index contributed by atoms with van der Waals surface area (Å²) in [6.45, 7) is 2.43. The first-order valence-electron chi connectivity index (χ1n) is 16.6. The third kappa shape index (κ3) is 7.92. The zero-order valence-electron chi connectivity index (χ0n) is 27.3. The molecule has 6 rings (SSSR count). The van der Waals surface area contributed by atoms with Gasteiger partial charge in [0.05, 0.1) is 12.5 Å². The van der Waals surface area contributed by atoms with Crippen molar-refractivity contribution in [2.45, 2.75) is 50.6 Å². The highest BCUT2D eigenvalue weighted by molar-refractivity contribution is 5.98. The molecule has 0 saturated carbocycles. The van der Waals surface area contributed by atoms with Gasteiger partial charge in [0.25, 0.3) is 0 Å². The Kier molecular flexibility index (Phi) is 10.0. The van der Waals surface area contributed by atoms with Crippen LogP contribution in [0.25, 0.3) is 12.2 Å². The van der Waals surface area contributed by atoms with Gasteiger partial charge in [0.2, 0.25) is 17.7 Å². The van der Waals surface area contributed by atoms with Crippen LogP contribution < -0.4 is 10.6 Å². The van der Waals surface area contributed by atoms with E-state index >= 15 is 0 Å². The molecule has 0 aliphatic carbocycles. The lowest BCUT2D eigenvalue weighted by atomic mass is 10.1. The first kappa shape index (κ1) is 32.1. The van der Waals surface area contributed by atoms with E-state index in [0.29, 0.717) is 25.1 Å². The summed E-state index contributed by atoms with van der Waals surface area (Å²) in [5.74, 6) is -0.106. The molecule has 2 aromatic carbocycles. The fourth-order valence-electron chi connectivity index (χ4n) is 6.68. The Hall–Kier alpha value is -4.89. The van der Waals surface area contributed by atoms with Gasteiger partial charge >= 0.3 is 0 Å². The van der Waals surface area contributed by atoms with Crippen LogP contribution in [0.4, 0.5) is 11.4 Å². The quantitative estimate of drug-likeness (QED) is 0.218. The third-order valence-corrected chi connectivity index (χ3v) is 9.46. The number of aromatic nitrogens is 2. The maximum absolute atomic E-state index is 13.1. The Bertz CT molecular complexity index is 1720. The summed E-state index contributed by atoms with van der Waals surface area (Å²) in [6, 6.07) is 23.1. The van der Waals surface area contributed by atoms with Gasteiger partial charge in [0.1, 0.15) is 6.04 Å². The second-order valence-corrected chi connectivity index (χ2v) is 12.6. The maximum Gasteiger partial charge on any atom is 0.247 e. The lowest BCUT2D eigenvalue weighted by Crippen LogP contribution is -2.44. The van der Waals surface area contributed by atoms with Gasteiger partial charge in [-0.05, 0) is 91.9 Å². The molecular formula is C38H44N6O3. The molecule has 0 spiro atoms. The number of anilines is 2. The molecule has 244 valence electrons. The Labute approximate surface area is 276 Å². The van der Waals surface area contributed by atoms with E-state index in [1.165, 1.54) is 5.69 Å². The molecule has 2 atom stereocenters. The van der Waals surface area contributed by atoms with Crippen molar-refractivity contribution < 1.29 is 14.4 Å². The van der Waals surface area contributed by atoms with Crippen molar-refractivity contribution in [3.8, 4) is 0 Å². The standard InChI is InChI=1S/C38H44N6O3/c1-41-22-3-7-32(41)21-26-43-24-5-9-34(43)37(46)39-30-17-13-28(14-18-30)11-12-29-15-19-31(20-16-29)40-38(47)35-10-6-25-44(35)36(45)27-33-8-4-23-42(33)2/h3-4,7-8,11-20,22-23,34-35H,5-6,9-10,21,24-27H2,1-2H3,(H,39,46)(H,40,47)/t34-,35-/m0/s1. The third-order valence-electron chi connectivity index (χ3n) is 9.46. The largest absolute Gasteiger partial charge is 0.354 e. The first-order chi connectivity index (χ1) is 22.8. The normalized spacial score (nSPS) is 18.2. The molecule has 3 amide bonds. The van der Waals surface area contributed by atoms with Crippen LogP contribution in [0.5, 0.6) is 0 Å². The second-order valence-electron chi connectivity index (χ2n) is 12.6. The molecule has 4 heterocycles. The fourth-order valence-corrected chi connectivity index (χ4v) is 6.68. The molecule has 47 heavy (non-hydrogen) atoms. The summed E-state index contributed by atoms with van der Waals surface area (Å²) < 4.78 is 4.08. The van der Waals surface area contributed by atoms with E-state index in [4.69, 9.17) is 0 Å². The Morgan fingerprint density at radius 3 is 1.81 bits per heavy atom. The summed E-state index contributed by atoms with van der Waals surface area (Å²) in [4.78, 5) is 43.2. The van der Waals surface area contributed by atoms with Crippen molar-refractivity contribution in [1.29, 1.82) is 0 Å². The number of carbonyl (C=O) groups excluding carboxylic acids is 3. The fraction of sp³-hybridized carbons (Fsp3) is 0.342. The monoisotopic (exact) mass is 632 g/mol. The number of nitrogens with zero attached hydrogens (tertiary/aromatic N) is 4. The van der Waals surface area contributed by atoms with Crippen LogP contribution >= 0.6 is 0 Å². The predicted octanol–water partition coefficient (Wildman–Crippen LogP) is 5.35. The van der Waals surface area contributed by atoms with E-state index in [9.17, 15) is 14.4 Å². The second kappa shape index (κ2) is 14.7. The Morgan fingerprint density at radius 2 is 1.23 bits per heavy atom. The summed E-state index contributed by atoms with van der Waals surface area (Å²) >= 11 is 0. The van der Waals surface area contributed by atoms with Gasteiger partial charge in [-0.25, -0.2) is 0 Å². The topological polar surface area (TPSA) is 91.6 Å². The zero-order valence-corrected chi connectivity index (χ0v) is 27.3. The maximum atomic E-state index is 13.1. The van der Waals surface area contributed by atoms with Crippen molar-refractivity contribution in [3.05, 3.63) is 108 Å². The van der Waals surface area contributed by atoms with Crippen LogP contribution in [0, 0.1) is 0 Å². The van der Waals surface area contributed by atoms with Crippen molar-refractivity contribution in [2.75, 3.05) is 30.3 Å². The molecular weight excluding hydrogens is 588 g/mol. The smallest absolute Gasteiger partial charge is 0.247 e. The minimum absolute atomic E-state index is 0.0183. The molecule has 0 unspecified atom stereocenters. The highest BCUT2D eigenvalue weighted by atomic mass is 16.2. The number of carbonyl (C=O) groups is 3. The number of rotatable bonds is 11. The zero-order chi connectivity index (χ0) is 32.8. The van der Waals surface area contributed by atoms with Gasteiger partial charge in [0, 0.05) is 68.8 Å². The molecule has 2 aliphatic heterocycles. The van der Waals surface area contributed by atoms with Gasteiger partial charge in [-0.15, -0.1) is 0 Å². The van der Waals surface area contributed by atoms with E-state index in [2.05, 4.69) is 45.5 Å². The number of benzene rings is 2. The molecule has 2 N–H and O–H groups in total. The summed E-state index contributed by atoms with van der Waals surface area (Å²) in [5.41, 5.74) is 5.73. The Balaban J connectivity index is 0.977. The highest BCUT2D eigenvalue weighted by Crippen LogP contribution is 2.23. The lowest BCUT2D eigenvalue weighted by Gasteiger charge is -2.24. The molecule has 4 aromatic rings. The number of hydrogen-bond acceptors (Lipinski definition) is 4. The Morgan fingerprint density at radius 1 is 0.702 bits per heavy atom. The van der Waals surface area contributed by atoms with Crippen LogP contribution in [-0.4, -0.2) is 68.4 Å². The van der Waals surface area contributed by atoms with Crippen molar-refractivity contribution >= 4 is 41.2 Å². The van der Waals surface area contributed by atoms with E-state index in [1.54, 1.807) is 4.90 Å². The number of hydrogen-bond donors (Lipinski definition) is 2. The van der Waals surface area contributed by atoms with Crippen molar-refractivity contribution in [2.24, 2.45) is 14.1 Å². The molecule has 2 aliphatic rings. The summed E-state index contributed by atoms with van der Waals surface area (Å²) in [6.07, 6.45) is 12.7. The lowest BCUT2D eigenvalue weighted by molar-refractivity contribution is -0.136. The number of amides is 3. The van der Waals surface area contributed by atoms with Crippen molar-refractivity contribution in [1.82, 2.24) is 18.9 Å². The number of nitrogens with one attached hydrogen (secondary N) is 2. The first-order valence-corrected chi connectivity index (χ1v) is 16.6. The van der Waals surface area contributed by atoms with Gasteiger partial charge in [-0.1, -0.05) is 36.4 Å². The average molecular weight is 633 g/mol. The SMILES string of the molecule is Cn1cccc1CCN1CCC[C@H]1C(=O)Nc1ccc(C=Cc2ccc(NC(=O)[C@@H]3CCCN3C(=O)Cc3cccn3C)cc2)cc1. The number of likely N-dealkylation sites (tertiary alicyclic amines) is 2. The van der Waals surface area contributed by atoms with Gasteiger partial charge in [0.15, 0.2) is 0 Å². The van der Waals surface area contributed by atoms with Gasteiger partial charge in [-0.3, -0.25) is 19.3 Å². The van der Waals surface area contributed by atoms with Gasteiger partial charge in [-0.2, -0.15) is 0 Å². The molecule has 2 aromatic heterocycles. The van der Waals surface area contributed by atoms with Crippen LogP contribution in [-0.2, 0) is 41.3 Å². The molecule has 9 heteroatoms. The average Bonchev–Trinajstić information content (AvgIpc) is 3.89. The van der Waals surface area contributed by atoms with E-state index in [-0.39, 0.29) is 23.8 Å². The van der Waals surface area contributed by atoms with Crippen LogP contribution in [0.1, 0.15) is 48.2 Å². The van der Waals surface area contributed by atoms with Crippen LogP contribution in [0.2, 0.25) is 0 Å². The van der Waals surface area contributed by atoms with Crippen molar-refractivity contribution in [3.63, 3.8) is 0 Å². The summed E-state index contributed by atoms with van der Waals surface area (Å²) in [5, 5.41) is 6.11. The van der Waals surface area contributed by atoms with Crippen LogP contribution in [0.3, 0.4) is 0 Å². The minimum Gasteiger partial charge on any atom is -0.354 e. The summed E-state index contributed by atoms with van der Waals surface area (Å²) in [7, 11) is 3.98. The van der Waals surface area contributed by atoms with E-state index < -0.39 is 6.04 Å². The van der Waals surface area contributed by atoms with E-state index in [1.807, 2.05) is 90.6 Å². The van der Waals surface area contributed by atoms with Gasteiger partial charge < -0.3 is 24.7 Å². The molecule has 2 saturated heterocycles. The highest BCUT2D eigenvalue weighted by Gasteiger charge is 2.34.